The largest absolute Gasteiger partial charge is 0.462 e. The van der Waals surface area contributed by atoms with Crippen LogP contribution in [0.2, 0.25) is 0 Å². The van der Waals surface area contributed by atoms with Crippen LogP contribution in [0, 0.1) is 0 Å². The smallest absolute Gasteiger partial charge is 0.411 e. The van der Waals surface area contributed by atoms with E-state index in [9.17, 15) is 9.59 Å². The fourth-order valence-corrected chi connectivity index (χ4v) is 3.05. The molecule has 1 amide bonds. The highest BCUT2D eigenvalue weighted by Crippen LogP contribution is 2.31. The molecule has 1 aliphatic heterocycles. The third-order valence-corrected chi connectivity index (χ3v) is 4.24. The van der Waals surface area contributed by atoms with Crippen molar-refractivity contribution in [2.75, 3.05) is 12.5 Å². The molecule has 1 aromatic carbocycles. The molecular weight excluding hydrogens is 342 g/mol. The molecule has 0 unspecified atom stereocenters. The molecule has 0 N–H and O–H groups in total. The molecule has 0 radical (unpaired) electrons. The van der Waals surface area contributed by atoms with Gasteiger partial charge in [-0.3, -0.25) is 4.90 Å². The lowest BCUT2D eigenvalue weighted by Crippen LogP contribution is -2.54. The number of carbonyl (C=O) groups excluding carboxylic acids is 2. The van der Waals surface area contributed by atoms with Crippen molar-refractivity contribution in [3.8, 4) is 0 Å². The monoisotopic (exact) mass is 367 g/mol. The molecule has 0 saturated carbocycles. The summed E-state index contributed by atoms with van der Waals surface area (Å²) in [6.07, 6.45) is 1.54. The van der Waals surface area contributed by atoms with E-state index in [1.165, 1.54) is 0 Å². The van der Waals surface area contributed by atoms with Crippen LogP contribution in [0.4, 0.5) is 4.79 Å². The van der Waals surface area contributed by atoms with Crippen molar-refractivity contribution < 1.29 is 19.1 Å². The molecule has 0 bridgehead atoms. The molecule has 0 aromatic heterocycles. The quantitative estimate of drug-likeness (QED) is 0.442. The number of benzene rings is 1. The number of morpholine rings is 1. The topological polar surface area (TPSA) is 55.8 Å². The molecule has 5 nitrogen and oxygen atoms in total. The molecule has 138 valence electrons. The number of ether oxygens (including phenoxy) is 2. The van der Waals surface area contributed by atoms with Crippen LogP contribution in [-0.4, -0.2) is 41.1 Å². The third kappa shape index (κ3) is 5.36. The number of unbranched alkanes of at least 4 members (excludes halogenated alkanes) is 1. The predicted molar refractivity (Wildman–Crippen MR) is 96.6 cm³/mol. The second-order valence-corrected chi connectivity index (χ2v) is 7.52. The van der Waals surface area contributed by atoms with Gasteiger partial charge in [0.25, 0.3) is 0 Å². The Kier molecular flexibility index (Phi) is 6.71. The first kappa shape index (κ1) is 19.6. The molecule has 1 heterocycles. The first-order valence-electron chi connectivity index (χ1n) is 8.62. The van der Waals surface area contributed by atoms with Crippen LogP contribution < -0.4 is 0 Å². The van der Waals surface area contributed by atoms with Gasteiger partial charge in [-0.25, -0.2) is 9.59 Å². The van der Waals surface area contributed by atoms with Crippen molar-refractivity contribution >= 4 is 23.7 Å². The van der Waals surface area contributed by atoms with E-state index in [0.717, 1.165) is 18.4 Å². The normalized spacial score (nSPS) is 21.0. The maximum absolute atomic E-state index is 12.9. The molecular formula is C19H26ClNO4. The first-order valence-corrected chi connectivity index (χ1v) is 9.16. The van der Waals surface area contributed by atoms with Gasteiger partial charge in [-0.05, 0) is 45.6 Å². The van der Waals surface area contributed by atoms with Crippen molar-refractivity contribution in [2.24, 2.45) is 0 Å². The SMILES string of the molecule is CC(C)(C)OC(=O)N1[C@@H](c2ccccc2)COC(=O)[C@@H]1CCCCCl. The van der Waals surface area contributed by atoms with Gasteiger partial charge < -0.3 is 9.47 Å². The van der Waals surface area contributed by atoms with Crippen LogP contribution in [-0.2, 0) is 14.3 Å². The first-order chi connectivity index (χ1) is 11.8. The molecule has 0 aliphatic carbocycles. The number of amides is 1. The Labute approximate surface area is 154 Å². The minimum absolute atomic E-state index is 0.133. The fourth-order valence-electron chi connectivity index (χ4n) is 2.86. The van der Waals surface area contributed by atoms with Crippen molar-refractivity contribution in [3.05, 3.63) is 35.9 Å². The molecule has 2 atom stereocenters. The number of hydrogen-bond donors (Lipinski definition) is 0. The van der Waals surface area contributed by atoms with E-state index in [2.05, 4.69) is 0 Å². The van der Waals surface area contributed by atoms with Crippen molar-refractivity contribution in [3.63, 3.8) is 0 Å². The average molecular weight is 368 g/mol. The highest BCUT2D eigenvalue weighted by Gasteiger charge is 2.43. The fraction of sp³-hybridized carbons (Fsp3) is 0.579. The predicted octanol–water partition coefficient (Wildman–Crippen LogP) is 4.30. The van der Waals surface area contributed by atoms with E-state index in [1.807, 2.05) is 51.1 Å². The Morgan fingerprint density at radius 1 is 1.28 bits per heavy atom. The molecule has 0 spiro atoms. The highest BCUT2D eigenvalue weighted by atomic mass is 35.5. The second-order valence-electron chi connectivity index (χ2n) is 7.14. The number of halogens is 1. The molecule has 6 heteroatoms. The minimum Gasteiger partial charge on any atom is -0.462 e. The molecule has 1 fully saturated rings. The summed E-state index contributed by atoms with van der Waals surface area (Å²) in [5.74, 6) is 0.142. The number of hydrogen-bond acceptors (Lipinski definition) is 4. The Bertz CT molecular complexity index is 585. The summed E-state index contributed by atoms with van der Waals surface area (Å²) in [7, 11) is 0. The van der Waals surface area contributed by atoms with Crippen LogP contribution in [0.3, 0.4) is 0 Å². The second kappa shape index (κ2) is 8.56. The maximum Gasteiger partial charge on any atom is 0.411 e. The van der Waals surface area contributed by atoms with Gasteiger partial charge in [-0.1, -0.05) is 30.3 Å². The number of nitrogens with zero attached hydrogens (tertiary/aromatic N) is 1. The Balaban J connectivity index is 2.30. The van der Waals surface area contributed by atoms with Crippen molar-refractivity contribution in [2.45, 2.75) is 57.7 Å². The summed E-state index contributed by atoms with van der Waals surface area (Å²) in [5.41, 5.74) is 0.281. The molecule has 1 saturated heterocycles. The third-order valence-electron chi connectivity index (χ3n) is 3.98. The van der Waals surface area contributed by atoms with Crippen LogP contribution in [0.1, 0.15) is 51.6 Å². The number of esters is 1. The summed E-state index contributed by atoms with van der Waals surface area (Å²) in [4.78, 5) is 26.7. The summed E-state index contributed by atoms with van der Waals surface area (Å²) >= 11 is 5.74. The van der Waals surface area contributed by atoms with E-state index in [-0.39, 0.29) is 18.6 Å². The van der Waals surface area contributed by atoms with Crippen LogP contribution >= 0.6 is 11.6 Å². The number of rotatable bonds is 5. The van der Waals surface area contributed by atoms with Gasteiger partial charge in [-0.2, -0.15) is 0 Å². The lowest BCUT2D eigenvalue weighted by atomic mass is 9.99. The minimum atomic E-state index is -0.656. The van der Waals surface area contributed by atoms with Gasteiger partial charge in [0.05, 0.1) is 6.04 Å². The van der Waals surface area contributed by atoms with E-state index in [0.29, 0.717) is 12.3 Å². The van der Waals surface area contributed by atoms with E-state index in [4.69, 9.17) is 21.1 Å². The molecule has 25 heavy (non-hydrogen) atoms. The van der Waals surface area contributed by atoms with Gasteiger partial charge in [0.2, 0.25) is 0 Å². The highest BCUT2D eigenvalue weighted by molar-refractivity contribution is 6.17. The van der Waals surface area contributed by atoms with Crippen molar-refractivity contribution in [1.29, 1.82) is 0 Å². The van der Waals surface area contributed by atoms with Gasteiger partial charge in [0.1, 0.15) is 18.2 Å². The summed E-state index contributed by atoms with van der Waals surface area (Å²) < 4.78 is 10.9. The zero-order valence-electron chi connectivity index (χ0n) is 15.0. The molecule has 2 rings (SSSR count). The van der Waals surface area contributed by atoms with E-state index < -0.39 is 17.7 Å². The van der Waals surface area contributed by atoms with Crippen molar-refractivity contribution in [1.82, 2.24) is 4.90 Å². The lowest BCUT2D eigenvalue weighted by Gasteiger charge is -2.41. The van der Waals surface area contributed by atoms with Gasteiger partial charge in [0, 0.05) is 5.88 Å². The summed E-state index contributed by atoms with van der Waals surface area (Å²) in [6, 6.07) is 8.57. The summed E-state index contributed by atoms with van der Waals surface area (Å²) in [6.45, 7) is 5.57. The maximum atomic E-state index is 12.9. The van der Waals surface area contributed by atoms with Crippen LogP contribution in [0.15, 0.2) is 30.3 Å². The van der Waals surface area contributed by atoms with Crippen LogP contribution in [0.5, 0.6) is 0 Å². The molecule has 1 aromatic rings. The van der Waals surface area contributed by atoms with Gasteiger partial charge in [-0.15, -0.1) is 11.6 Å². The Morgan fingerprint density at radius 3 is 2.56 bits per heavy atom. The Morgan fingerprint density at radius 2 is 1.96 bits per heavy atom. The van der Waals surface area contributed by atoms with E-state index in [1.54, 1.807) is 4.90 Å². The van der Waals surface area contributed by atoms with Crippen LogP contribution in [0.25, 0.3) is 0 Å². The Hall–Kier alpha value is -1.75. The number of cyclic esters (lactones) is 1. The lowest BCUT2D eigenvalue weighted by molar-refractivity contribution is -0.162. The number of carbonyl (C=O) groups is 2. The average Bonchev–Trinajstić information content (AvgIpc) is 2.55. The summed E-state index contributed by atoms with van der Waals surface area (Å²) in [5, 5.41) is 0. The zero-order chi connectivity index (χ0) is 18.4. The van der Waals surface area contributed by atoms with Gasteiger partial charge in [0.15, 0.2) is 0 Å². The standard InChI is InChI=1S/C19H26ClNO4/c1-19(2,3)25-18(23)21-15(11-7-8-12-20)17(22)24-13-16(21)14-9-5-4-6-10-14/h4-6,9-10,15-16H,7-8,11-13H2,1-3H3/t15-,16+/m0/s1. The van der Waals surface area contributed by atoms with E-state index >= 15 is 0 Å². The van der Waals surface area contributed by atoms with Gasteiger partial charge >= 0.3 is 12.1 Å². The number of alkyl halides is 1. The zero-order valence-corrected chi connectivity index (χ0v) is 15.8. The molecule has 1 aliphatic rings.